The molecule has 1 aromatic carbocycles. The van der Waals surface area contributed by atoms with E-state index in [9.17, 15) is 13.2 Å². The zero-order chi connectivity index (χ0) is 15.0. The van der Waals surface area contributed by atoms with E-state index in [2.05, 4.69) is 18.0 Å². The Morgan fingerprint density at radius 2 is 1.71 bits per heavy atom. The summed E-state index contributed by atoms with van der Waals surface area (Å²) < 4.78 is 28.1. The largest absolute Gasteiger partial charge is 0.342 e. The summed E-state index contributed by atoms with van der Waals surface area (Å²) in [6, 6.07) is 7.70. The third-order valence-electron chi connectivity index (χ3n) is 2.90. The number of benzene rings is 1. The second-order valence-corrected chi connectivity index (χ2v) is 6.76. The molecule has 6 heteroatoms. The average molecular weight is 321 g/mol. The molecule has 21 heavy (non-hydrogen) atoms. The van der Waals surface area contributed by atoms with Crippen molar-refractivity contribution in [2.45, 2.75) is 50.8 Å². The Hall–Kier alpha value is -0.360. The maximum Gasteiger partial charge on any atom is 0.341 e. The molecule has 113 valence electrons. The topological polar surface area (TPSA) is 60.4 Å². The van der Waals surface area contributed by atoms with E-state index in [0.717, 1.165) is 19.3 Å². The summed E-state index contributed by atoms with van der Waals surface area (Å²) >= 11 is 0. The molecule has 0 spiro atoms. The van der Waals surface area contributed by atoms with Crippen molar-refractivity contribution in [1.29, 1.82) is 0 Å². The maximum atomic E-state index is 11.8. The standard InChI is InChI=1S/C15H22O4S.Na/c1-13(2)9-5-3-8-12-15(16)19-20(17,18)14-10-6-4-7-11-14;/h4,6-7,10-11,13H,3,5,8-9,12H2,1-2H3;. The van der Waals surface area contributed by atoms with Crippen molar-refractivity contribution in [1.82, 2.24) is 0 Å². The van der Waals surface area contributed by atoms with Gasteiger partial charge in [0.15, 0.2) is 0 Å². The first-order valence-electron chi connectivity index (χ1n) is 6.94. The van der Waals surface area contributed by atoms with Gasteiger partial charge in [-0.3, -0.25) is 4.79 Å². The summed E-state index contributed by atoms with van der Waals surface area (Å²) in [5.74, 6) is -0.0289. The quantitative estimate of drug-likeness (QED) is 0.419. The molecular weight excluding hydrogens is 299 g/mol. The normalized spacial score (nSPS) is 11.0. The minimum atomic E-state index is -3.97. The third-order valence-corrected chi connectivity index (χ3v) is 4.15. The molecule has 0 aliphatic carbocycles. The second-order valence-electron chi connectivity index (χ2n) is 5.22. The summed E-state index contributed by atoms with van der Waals surface area (Å²) in [6.07, 6.45) is 3.90. The van der Waals surface area contributed by atoms with E-state index in [0.29, 0.717) is 12.3 Å². The third kappa shape index (κ3) is 8.61. The number of hydrogen-bond acceptors (Lipinski definition) is 4. The van der Waals surface area contributed by atoms with Crippen molar-refractivity contribution in [3.8, 4) is 0 Å². The number of carbonyl (C=O) groups excluding carboxylic acids is 1. The van der Waals surface area contributed by atoms with E-state index in [1.807, 2.05) is 0 Å². The summed E-state index contributed by atoms with van der Waals surface area (Å²) in [5.41, 5.74) is 0. The van der Waals surface area contributed by atoms with E-state index in [1.165, 1.54) is 12.1 Å². The van der Waals surface area contributed by atoms with Crippen LogP contribution in [0.25, 0.3) is 0 Å². The average Bonchev–Trinajstić information content (AvgIpc) is 2.38. The van der Waals surface area contributed by atoms with Crippen molar-refractivity contribution in [2.75, 3.05) is 0 Å². The maximum absolute atomic E-state index is 11.8. The van der Waals surface area contributed by atoms with Crippen molar-refractivity contribution < 1.29 is 17.4 Å². The zero-order valence-corrected chi connectivity index (χ0v) is 15.9. The van der Waals surface area contributed by atoms with Crippen LogP contribution in [0.1, 0.15) is 46.0 Å². The molecular formula is C15H22NaO4S. The fourth-order valence-corrected chi connectivity index (χ4v) is 2.71. The molecule has 1 radical (unpaired) electrons. The molecule has 4 nitrogen and oxygen atoms in total. The van der Waals surface area contributed by atoms with Gasteiger partial charge in [-0.2, -0.15) is 8.42 Å². The van der Waals surface area contributed by atoms with Gasteiger partial charge in [-0.25, -0.2) is 0 Å². The van der Waals surface area contributed by atoms with E-state index >= 15 is 0 Å². The Bertz CT molecular complexity index is 512. The van der Waals surface area contributed by atoms with Crippen molar-refractivity contribution in [3.63, 3.8) is 0 Å². The Balaban J connectivity index is 0.00000400. The molecule has 0 unspecified atom stereocenters. The summed E-state index contributed by atoms with van der Waals surface area (Å²) in [6.45, 7) is 4.31. The first kappa shape index (κ1) is 20.6. The SMILES string of the molecule is CC(C)CCCCCC(=O)OS(=O)(=O)c1ccccc1.[Na]. The van der Waals surface area contributed by atoms with E-state index in [4.69, 9.17) is 0 Å². The number of rotatable bonds is 8. The van der Waals surface area contributed by atoms with Gasteiger partial charge in [0.05, 0.1) is 0 Å². The molecule has 0 heterocycles. The fraction of sp³-hybridized carbons (Fsp3) is 0.533. The Kier molecular flexibility index (Phi) is 10.2. The Morgan fingerprint density at radius 3 is 2.29 bits per heavy atom. The van der Waals surface area contributed by atoms with Crippen LogP contribution >= 0.6 is 0 Å². The molecule has 0 saturated carbocycles. The van der Waals surface area contributed by atoms with Crippen LogP contribution in [0.5, 0.6) is 0 Å². The molecule has 0 amide bonds. The minimum Gasteiger partial charge on any atom is -0.342 e. The molecule has 0 bridgehead atoms. The van der Waals surface area contributed by atoms with E-state index in [1.54, 1.807) is 18.2 Å². The van der Waals surface area contributed by atoms with Gasteiger partial charge in [0.25, 0.3) is 0 Å². The van der Waals surface area contributed by atoms with Gasteiger partial charge in [-0.1, -0.05) is 51.3 Å². The Morgan fingerprint density at radius 1 is 1.10 bits per heavy atom. The van der Waals surface area contributed by atoms with Gasteiger partial charge < -0.3 is 4.18 Å². The van der Waals surface area contributed by atoms with Crippen molar-refractivity contribution in [2.24, 2.45) is 5.92 Å². The van der Waals surface area contributed by atoms with Gasteiger partial charge >= 0.3 is 16.1 Å². The van der Waals surface area contributed by atoms with Crippen LogP contribution in [0.2, 0.25) is 0 Å². The number of hydrogen-bond donors (Lipinski definition) is 0. The zero-order valence-electron chi connectivity index (χ0n) is 13.0. The monoisotopic (exact) mass is 321 g/mol. The molecule has 1 aromatic rings. The van der Waals surface area contributed by atoms with Crippen molar-refractivity contribution >= 4 is 45.6 Å². The van der Waals surface area contributed by atoms with Gasteiger partial charge in [-0.05, 0) is 24.5 Å². The van der Waals surface area contributed by atoms with Gasteiger partial charge in [0.2, 0.25) is 0 Å². The predicted molar refractivity (Wildman–Crippen MR) is 83.4 cm³/mol. The van der Waals surface area contributed by atoms with Crippen LogP contribution < -0.4 is 0 Å². The summed E-state index contributed by atoms with van der Waals surface area (Å²) in [4.78, 5) is 11.5. The van der Waals surface area contributed by atoms with Crippen LogP contribution in [-0.2, 0) is 19.1 Å². The van der Waals surface area contributed by atoms with Crippen LogP contribution in [0.15, 0.2) is 35.2 Å². The van der Waals surface area contributed by atoms with Gasteiger partial charge in [-0.15, -0.1) is 0 Å². The fourth-order valence-electron chi connectivity index (χ4n) is 1.80. The summed E-state index contributed by atoms with van der Waals surface area (Å²) in [5, 5.41) is 0. The van der Waals surface area contributed by atoms with Crippen LogP contribution in [0.3, 0.4) is 0 Å². The molecule has 0 aliphatic rings. The molecule has 0 N–H and O–H groups in total. The molecule has 0 saturated heterocycles. The molecule has 0 aromatic heterocycles. The van der Waals surface area contributed by atoms with E-state index in [-0.39, 0.29) is 40.9 Å². The molecule has 0 atom stereocenters. The van der Waals surface area contributed by atoms with Crippen molar-refractivity contribution in [3.05, 3.63) is 30.3 Å². The number of unbranched alkanes of at least 4 members (excludes halogenated alkanes) is 2. The smallest absolute Gasteiger partial charge is 0.341 e. The van der Waals surface area contributed by atoms with Gasteiger partial charge in [0, 0.05) is 36.0 Å². The molecule has 0 fully saturated rings. The molecule has 1 rings (SSSR count). The molecule has 0 aliphatic heterocycles. The van der Waals surface area contributed by atoms with Crippen LogP contribution in [0, 0.1) is 5.92 Å². The van der Waals surface area contributed by atoms with Crippen LogP contribution in [-0.4, -0.2) is 43.9 Å². The van der Waals surface area contributed by atoms with E-state index < -0.39 is 16.1 Å². The number of carbonyl (C=O) groups is 1. The summed E-state index contributed by atoms with van der Waals surface area (Å²) in [7, 11) is -3.97. The minimum absolute atomic E-state index is 0. The van der Waals surface area contributed by atoms with Gasteiger partial charge in [0.1, 0.15) is 4.90 Å². The second kappa shape index (κ2) is 10.4. The van der Waals surface area contributed by atoms with Crippen LogP contribution in [0.4, 0.5) is 0 Å². The predicted octanol–water partition coefficient (Wildman–Crippen LogP) is 3.14. The Labute approximate surface area is 149 Å². The first-order valence-corrected chi connectivity index (χ1v) is 8.35. The first-order chi connectivity index (χ1) is 9.42.